The number of rotatable bonds is 8. The van der Waals surface area contributed by atoms with Crippen molar-refractivity contribution in [3.8, 4) is 66.8 Å². The van der Waals surface area contributed by atoms with Crippen LogP contribution in [0.1, 0.15) is 11.1 Å². The SMILES string of the molecule is NC1(c2cc(-c3ccccc3)cc(-c3cccc(-c4ccccc4)c3)c2)N=C1c1cc(-c2ccccc2)cc(-c2cccc(-c3ccccc3)c2)c1. The molecule has 2 N–H and O–H groups in total. The third-order valence-corrected chi connectivity index (χ3v) is 10.00. The summed E-state index contributed by atoms with van der Waals surface area (Å²) >= 11 is 0. The van der Waals surface area contributed by atoms with Gasteiger partial charge in [0.2, 0.25) is 0 Å². The summed E-state index contributed by atoms with van der Waals surface area (Å²) in [6, 6.07) is 73.1. The molecule has 1 unspecified atom stereocenters. The molecule has 246 valence electrons. The molecule has 0 spiro atoms. The smallest absolute Gasteiger partial charge is 0.177 e. The molecule has 1 aliphatic heterocycles. The van der Waals surface area contributed by atoms with Crippen LogP contribution in [0, 0.1) is 0 Å². The van der Waals surface area contributed by atoms with Crippen molar-refractivity contribution in [2.75, 3.05) is 0 Å². The Kier molecular flexibility index (Phi) is 8.00. The molecule has 0 fully saturated rings. The van der Waals surface area contributed by atoms with Gasteiger partial charge in [-0.15, -0.1) is 0 Å². The van der Waals surface area contributed by atoms with Crippen molar-refractivity contribution in [1.29, 1.82) is 0 Å². The van der Waals surface area contributed by atoms with Crippen molar-refractivity contribution in [1.82, 2.24) is 0 Å². The van der Waals surface area contributed by atoms with Crippen LogP contribution in [0.25, 0.3) is 66.8 Å². The zero-order chi connectivity index (χ0) is 34.9. The highest BCUT2D eigenvalue weighted by Gasteiger charge is 2.46. The third-order valence-electron chi connectivity index (χ3n) is 10.00. The van der Waals surface area contributed by atoms with E-state index < -0.39 is 5.66 Å². The Morgan fingerprint density at radius 3 is 0.962 bits per heavy atom. The summed E-state index contributed by atoms with van der Waals surface area (Å²) in [6.07, 6.45) is 0. The minimum Gasteiger partial charge on any atom is -0.298 e. The zero-order valence-corrected chi connectivity index (χ0v) is 28.7. The molecule has 1 aliphatic rings. The van der Waals surface area contributed by atoms with Crippen molar-refractivity contribution in [2.24, 2.45) is 10.7 Å². The van der Waals surface area contributed by atoms with Gasteiger partial charge in [-0.2, -0.15) is 0 Å². The molecular formula is C50H36N2. The van der Waals surface area contributed by atoms with Gasteiger partial charge in [-0.05, 0) is 115 Å². The predicted molar refractivity (Wildman–Crippen MR) is 218 cm³/mol. The van der Waals surface area contributed by atoms with Crippen LogP contribution in [-0.2, 0) is 5.66 Å². The second kappa shape index (κ2) is 13.3. The van der Waals surface area contributed by atoms with Crippen molar-refractivity contribution in [2.45, 2.75) is 5.66 Å². The van der Waals surface area contributed by atoms with E-state index >= 15 is 0 Å². The number of benzene rings is 8. The average Bonchev–Trinajstić information content (AvgIpc) is 3.94. The molecule has 0 radical (unpaired) electrons. The van der Waals surface area contributed by atoms with Gasteiger partial charge in [-0.3, -0.25) is 10.7 Å². The minimum absolute atomic E-state index is 0.889. The lowest BCUT2D eigenvalue weighted by atomic mass is 9.88. The fourth-order valence-corrected chi connectivity index (χ4v) is 7.19. The van der Waals surface area contributed by atoms with E-state index in [1.807, 2.05) is 0 Å². The first-order valence-electron chi connectivity index (χ1n) is 17.7. The molecule has 0 aliphatic carbocycles. The Bertz CT molecular complexity index is 2560. The quantitative estimate of drug-likeness (QED) is 0.172. The molecule has 0 saturated heterocycles. The first-order chi connectivity index (χ1) is 25.6. The van der Waals surface area contributed by atoms with Gasteiger partial charge >= 0.3 is 0 Å². The maximum atomic E-state index is 7.33. The molecule has 0 bridgehead atoms. The minimum atomic E-state index is -0.949. The number of hydrogen-bond acceptors (Lipinski definition) is 2. The van der Waals surface area contributed by atoms with Gasteiger partial charge in [-0.1, -0.05) is 158 Å². The van der Waals surface area contributed by atoms with Crippen molar-refractivity contribution in [3.63, 3.8) is 0 Å². The van der Waals surface area contributed by atoms with Gasteiger partial charge < -0.3 is 0 Å². The maximum absolute atomic E-state index is 7.33. The van der Waals surface area contributed by atoms with E-state index in [1.54, 1.807) is 0 Å². The van der Waals surface area contributed by atoms with Crippen LogP contribution in [0.5, 0.6) is 0 Å². The summed E-state index contributed by atoms with van der Waals surface area (Å²) in [7, 11) is 0. The van der Waals surface area contributed by atoms with Gasteiger partial charge in [-0.25, -0.2) is 0 Å². The van der Waals surface area contributed by atoms with Crippen molar-refractivity contribution < 1.29 is 0 Å². The Hall–Kier alpha value is -6.61. The average molecular weight is 665 g/mol. The predicted octanol–water partition coefficient (Wildman–Crippen LogP) is 12.3. The van der Waals surface area contributed by atoms with Crippen LogP contribution in [0.2, 0.25) is 0 Å². The standard InChI is InChI=1S/C50H36N2/c51-50(48-33-45(38-21-11-4-12-22-38)30-46(34-48)42-26-14-24-40(28-42)36-17-7-2-8-18-36)49(52-50)47-31-43(37-19-9-3-10-20-37)29-44(32-47)41-25-13-23-39(27-41)35-15-5-1-6-16-35/h1-34H,51H2. The molecule has 1 atom stereocenters. The van der Waals surface area contributed by atoms with Crippen LogP contribution in [0.3, 0.4) is 0 Å². The highest BCUT2D eigenvalue weighted by atomic mass is 15.2. The third kappa shape index (κ3) is 6.17. The highest BCUT2D eigenvalue weighted by molar-refractivity contribution is 6.18. The first-order valence-corrected chi connectivity index (χ1v) is 17.7. The summed E-state index contributed by atoms with van der Waals surface area (Å²) < 4.78 is 0. The Morgan fingerprint density at radius 2 is 0.538 bits per heavy atom. The normalized spacial score (nSPS) is 14.8. The lowest BCUT2D eigenvalue weighted by Crippen LogP contribution is -2.28. The van der Waals surface area contributed by atoms with E-state index in [2.05, 4.69) is 206 Å². The van der Waals surface area contributed by atoms with Crippen LogP contribution in [-0.4, -0.2) is 5.71 Å². The lowest BCUT2D eigenvalue weighted by molar-refractivity contribution is 0.758. The first kappa shape index (κ1) is 31.4. The van der Waals surface area contributed by atoms with E-state index in [0.717, 1.165) is 61.3 Å². The summed E-state index contributed by atoms with van der Waals surface area (Å²) in [5, 5.41) is 0. The molecule has 8 aromatic carbocycles. The molecule has 9 rings (SSSR count). The van der Waals surface area contributed by atoms with Crippen LogP contribution < -0.4 is 5.73 Å². The molecule has 8 aromatic rings. The van der Waals surface area contributed by atoms with Crippen molar-refractivity contribution in [3.05, 3.63) is 217 Å². The molecule has 2 heteroatoms. The molecule has 52 heavy (non-hydrogen) atoms. The highest BCUT2D eigenvalue weighted by Crippen LogP contribution is 2.43. The van der Waals surface area contributed by atoms with Crippen molar-refractivity contribution >= 4 is 5.71 Å². The van der Waals surface area contributed by atoms with Gasteiger partial charge in [0.05, 0.1) is 5.71 Å². The lowest BCUT2D eigenvalue weighted by Gasteiger charge is -2.17. The Labute approximate surface area is 305 Å². The van der Waals surface area contributed by atoms with Crippen LogP contribution >= 0.6 is 0 Å². The van der Waals surface area contributed by atoms with Gasteiger partial charge in [0.15, 0.2) is 5.66 Å². The van der Waals surface area contributed by atoms with E-state index in [4.69, 9.17) is 10.7 Å². The summed E-state index contributed by atoms with van der Waals surface area (Å²) in [6.45, 7) is 0. The van der Waals surface area contributed by atoms with E-state index in [-0.39, 0.29) is 0 Å². The van der Waals surface area contributed by atoms with Gasteiger partial charge in [0.25, 0.3) is 0 Å². The van der Waals surface area contributed by atoms with E-state index in [0.29, 0.717) is 0 Å². The fourth-order valence-electron chi connectivity index (χ4n) is 7.19. The summed E-state index contributed by atoms with van der Waals surface area (Å²) in [5.41, 5.74) is 23.1. The van der Waals surface area contributed by atoms with Crippen LogP contribution in [0.15, 0.2) is 211 Å². The molecular weight excluding hydrogens is 629 g/mol. The second-order valence-electron chi connectivity index (χ2n) is 13.5. The fraction of sp³-hybridized carbons (Fsp3) is 0.0200. The summed E-state index contributed by atoms with van der Waals surface area (Å²) in [5.74, 6) is 0. The van der Waals surface area contributed by atoms with Gasteiger partial charge in [0.1, 0.15) is 0 Å². The van der Waals surface area contributed by atoms with Crippen LogP contribution in [0.4, 0.5) is 0 Å². The van der Waals surface area contributed by atoms with E-state index in [9.17, 15) is 0 Å². The molecule has 0 amide bonds. The van der Waals surface area contributed by atoms with Gasteiger partial charge in [0, 0.05) is 11.1 Å². The molecule has 0 aromatic heterocycles. The molecule has 2 nitrogen and oxygen atoms in total. The largest absolute Gasteiger partial charge is 0.298 e. The summed E-state index contributed by atoms with van der Waals surface area (Å²) in [4.78, 5) is 5.09. The maximum Gasteiger partial charge on any atom is 0.177 e. The molecule has 1 heterocycles. The number of hydrogen-bond donors (Lipinski definition) is 1. The monoisotopic (exact) mass is 664 g/mol. The zero-order valence-electron chi connectivity index (χ0n) is 28.7. The second-order valence-corrected chi connectivity index (χ2v) is 13.5. The Balaban J connectivity index is 1.14. The number of nitrogens with two attached hydrogens (primary N) is 1. The Morgan fingerprint density at radius 1 is 0.269 bits per heavy atom. The van der Waals surface area contributed by atoms with E-state index in [1.165, 1.54) is 22.3 Å². The molecule has 0 saturated carbocycles. The number of aliphatic imine (C=N–C) groups is 1. The topological polar surface area (TPSA) is 38.4 Å². The number of nitrogens with zero attached hydrogens (tertiary/aromatic N) is 1.